The number of aryl methyl sites for hydroxylation is 1. The molecule has 5 atom stereocenters. The van der Waals surface area contributed by atoms with Crippen LogP contribution in [0.1, 0.15) is 84.9 Å². The van der Waals surface area contributed by atoms with Crippen LogP contribution in [0.5, 0.6) is 0 Å². The van der Waals surface area contributed by atoms with Crippen molar-refractivity contribution in [2.75, 3.05) is 72.7 Å². The summed E-state index contributed by atoms with van der Waals surface area (Å²) in [6, 6.07) is 5.05. The van der Waals surface area contributed by atoms with Crippen molar-refractivity contribution in [3.8, 4) is 0 Å². The molecule has 0 saturated carbocycles. The molecule has 4 amide bonds. The van der Waals surface area contributed by atoms with Crippen LogP contribution in [-0.4, -0.2) is 145 Å². The van der Waals surface area contributed by atoms with Gasteiger partial charge in [0.05, 0.1) is 71.3 Å². The minimum Gasteiger partial charge on any atom is -0.444 e. The fourth-order valence-corrected chi connectivity index (χ4v) is 6.76. The molecule has 1 fully saturated rings. The SMILES string of the molecule is CC(C(=O)NC(C(=O)N1C[C@@H](OCCOCCOCCOCCOS(C)(=O)=O)C[C@H]1C(=O)N[C@@H]1CCCc2ccccc21)C(C)(C)C)N(C)C(=O)OC(C)(C)C. The summed E-state index contributed by atoms with van der Waals surface area (Å²) >= 11 is 0. The van der Waals surface area contributed by atoms with E-state index < -0.39 is 63.3 Å². The maximum absolute atomic E-state index is 14.5. The van der Waals surface area contributed by atoms with Crippen LogP contribution >= 0.6 is 0 Å². The lowest BCUT2D eigenvalue weighted by Gasteiger charge is -2.37. The van der Waals surface area contributed by atoms with E-state index in [2.05, 4.69) is 20.9 Å². The van der Waals surface area contributed by atoms with Crippen molar-refractivity contribution in [2.24, 2.45) is 5.41 Å². The number of fused-ring (bicyclic) bond motifs is 1. The van der Waals surface area contributed by atoms with Gasteiger partial charge in [0.15, 0.2) is 0 Å². The third-order valence-corrected chi connectivity index (χ3v) is 10.0. The summed E-state index contributed by atoms with van der Waals surface area (Å²) in [7, 11) is -2.03. The van der Waals surface area contributed by atoms with E-state index in [1.807, 2.05) is 39.0 Å². The molecule has 1 aliphatic carbocycles. The summed E-state index contributed by atoms with van der Waals surface area (Å²) in [6.45, 7) is 14.1. The zero-order valence-corrected chi connectivity index (χ0v) is 35.4. The van der Waals surface area contributed by atoms with Gasteiger partial charge < -0.3 is 39.2 Å². The third kappa shape index (κ3) is 15.5. The molecule has 0 spiro atoms. The monoisotopic (exact) mass is 812 g/mol. The molecule has 3 rings (SSSR count). The van der Waals surface area contributed by atoms with Crippen molar-refractivity contribution >= 4 is 33.9 Å². The lowest BCUT2D eigenvalue weighted by atomic mass is 9.85. The van der Waals surface area contributed by atoms with Gasteiger partial charge in [-0.2, -0.15) is 8.42 Å². The number of hydrogen-bond acceptors (Lipinski definition) is 12. The molecular weight excluding hydrogens is 749 g/mol. The number of amides is 4. The van der Waals surface area contributed by atoms with Gasteiger partial charge in [-0.25, -0.2) is 4.79 Å². The molecule has 1 heterocycles. The predicted octanol–water partition coefficient (Wildman–Crippen LogP) is 2.98. The average Bonchev–Trinajstić information content (AvgIpc) is 3.54. The molecule has 0 bridgehead atoms. The molecule has 2 aliphatic rings. The Labute approximate surface area is 332 Å². The number of nitrogens with zero attached hydrogens (tertiary/aromatic N) is 2. The molecule has 2 unspecified atom stereocenters. The van der Waals surface area contributed by atoms with E-state index in [0.29, 0.717) is 19.8 Å². The molecule has 1 aromatic rings. The largest absolute Gasteiger partial charge is 0.444 e. The molecule has 2 N–H and O–H groups in total. The quantitative estimate of drug-likeness (QED) is 0.145. The van der Waals surface area contributed by atoms with Crippen LogP contribution in [0.25, 0.3) is 0 Å². The first-order chi connectivity index (χ1) is 26.2. The predicted molar refractivity (Wildman–Crippen MR) is 208 cm³/mol. The van der Waals surface area contributed by atoms with Crippen molar-refractivity contribution in [1.82, 2.24) is 20.4 Å². The number of likely N-dealkylation sites (N-methyl/N-ethyl adjacent to an activating group) is 1. The maximum atomic E-state index is 14.5. The molecule has 0 aromatic heterocycles. The Morgan fingerprint density at radius 2 is 1.50 bits per heavy atom. The molecule has 318 valence electrons. The van der Waals surface area contributed by atoms with Crippen molar-refractivity contribution in [3.05, 3.63) is 35.4 Å². The second-order valence-corrected chi connectivity index (χ2v) is 18.0. The first-order valence-corrected chi connectivity index (χ1v) is 21.1. The van der Waals surface area contributed by atoms with Gasteiger partial charge in [0, 0.05) is 20.0 Å². The molecule has 1 aromatic carbocycles. The van der Waals surface area contributed by atoms with E-state index in [1.54, 1.807) is 27.7 Å². The number of rotatable bonds is 20. The van der Waals surface area contributed by atoms with E-state index in [9.17, 15) is 27.6 Å². The standard InChI is InChI=1S/C39H64N4O12S/c1-27(42(8)37(47)55-39(5,6)7)34(44)41-33(38(2,3)4)36(46)43-26-29(53-23-21-51-19-17-50-18-20-52-22-24-54-56(9,48)49)25-32(43)35(45)40-31-16-12-14-28-13-10-11-15-30(28)31/h10-11,13,15,27,29,31-33H,12,14,16-26H2,1-9H3,(H,40,45)(H,41,44)/t27?,29-,31+,32-,33?/m0/s1. The highest BCUT2D eigenvalue weighted by Gasteiger charge is 2.46. The summed E-state index contributed by atoms with van der Waals surface area (Å²) in [4.78, 5) is 57.6. The number of likely N-dealkylation sites (tertiary alicyclic amines) is 1. The summed E-state index contributed by atoms with van der Waals surface area (Å²) in [5.74, 6) is -1.25. The molecule has 1 saturated heterocycles. The van der Waals surface area contributed by atoms with Crippen LogP contribution in [-0.2, 0) is 58.8 Å². The van der Waals surface area contributed by atoms with Gasteiger partial charge in [-0.15, -0.1) is 0 Å². The number of hydrogen-bond donors (Lipinski definition) is 2. The van der Waals surface area contributed by atoms with Crippen molar-refractivity contribution in [2.45, 2.75) is 110 Å². The summed E-state index contributed by atoms with van der Waals surface area (Å²) in [6.07, 6.45) is 2.74. The van der Waals surface area contributed by atoms with Crippen LogP contribution < -0.4 is 10.6 Å². The van der Waals surface area contributed by atoms with E-state index in [0.717, 1.165) is 31.1 Å². The van der Waals surface area contributed by atoms with Gasteiger partial charge in [0.1, 0.15) is 23.7 Å². The Bertz CT molecular complexity index is 1560. The first-order valence-electron chi connectivity index (χ1n) is 19.3. The maximum Gasteiger partial charge on any atom is 0.410 e. The molecular formula is C39H64N4O12S. The number of ether oxygens (including phenoxy) is 5. The highest BCUT2D eigenvalue weighted by molar-refractivity contribution is 7.85. The Kier molecular flexibility index (Phi) is 18.0. The summed E-state index contributed by atoms with van der Waals surface area (Å²) in [5, 5.41) is 6.09. The van der Waals surface area contributed by atoms with Gasteiger partial charge in [-0.05, 0) is 63.5 Å². The lowest BCUT2D eigenvalue weighted by molar-refractivity contribution is -0.144. The first kappa shape index (κ1) is 47.0. The van der Waals surface area contributed by atoms with Crippen LogP contribution in [0.15, 0.2) is 24.3 Å². The third-order valence-electron chi connectivity index (χ3n) is 9.43. The Balaban J connectivity index is 1.62. The van der Waals surface area contributed by atoms with E-state index in [1.165, 1.54) is 22.4 Å². The van der Waals surface area contributed by atoms with Gasteiger partial charge in [0.25, 0.3) is 10.1 Å². The average molecular weight is 813 g/mol. The summed E-state index contributed by atoms with van der Waals surface area (Å²) < 4.78 is 54.5. The zero-order valence-electron chi connectivity index (χ0n) is 34.6. The van der Waals surface area contributed by atoms with Gasteiger partial charge in [-0.3, -0.25) is 23.5 Å². The molecule has 56 heavy (non-hydrogen) atoms. The molecule has 0 radical (unpaired) electrons. The second-order valence-electron chi connectivity index (χ2n) is 16.3. The highest BCUT2D eigenvalue weighted by Crippen LogP contribution is 2.32. The number of carbonyl (C=O) groups excluding carboxylic acids is 4. The minimum atomic E-state index is -3.49. The number of nitrogens with one attached hydrogen (secondary N) is 2. The van der Waals surface area contributed by atoms with Crippen molar-refractivity contribution in [1.29, 1.82) is 0 Å². The summed E-state index contributed by atoms with van der Waals surface area (Å²) in [5.41, 5.74) is 0.759. The van der Waals surface area contributed by atoms with Crippen LogP contribution in [0, 0.1) is 5.41 Å². The zero-order chi connectivity index (χ0) is 41.7. The van der Waals surface area contributed by atoms with E-state index >= 15 is 0 Å². The van der Waals surface area contributed by atoms with E-state index in [-0.39, 0.29) is 57.9 Å². The fraction of sp³-hybridized carbons (Fsp3) is 0.744. The Morgan fingerprint density at radius 1 is 0.911 bits per heavy atom. The van der Waals surface area contributed by atoms with E-state index in [4.69, 9.17) is 23.7 Å². The van der Waals surface area contributed by atoms with Crippen molar-refractivity contribution in [3.63, 3.8) is 0 Å². The Hall–Kier alpha value is -3.35. The smallest absolute Gasteiger partial charge is 0.410 e. The normalized spacial score (nSPS) is 19.8. The van der Waals surface area contributed by atoms with Crippen LogP contribution in [0.3, 0.4) is 0 Å². The molecule has 17 heteroatoms. The minimum absolute atomic E-state index is 0.0580. The van der Waals surface area contributed by atoms with Crippen LogP contribution in [0.2, 0.25) is 0 Å². The number of benzene rings is 1. The fourth-order valence-electron chi connectivity index (χ4n) is 6.39. The second kappa shape index (κ2) is 21.4. The van der Waals surface area contributed by atoms with Crippen molar-refractivity contribution < 1.29 is 55.5 Å². The van der Waals surface area contributed by atoms with Gasteiger partial charge in [-0.1, -0.05) is 45.0 Å². The number of carbonyl (C=O) groups is 4. The molecule has 16 nitrogen and oxygen atoms in total. The van der Waals surface area contributed by atoms with Gasteiger partial charge >= 0.3 is 6.09 Å². The molecule has 1 aliphatic heterocycles. The lowest BCUT2D eigenvalue weighted by Crippen LogP contribution is -2.60. The van der Waals surface area contributed by atoms with Gasteiger partial charge in [0.2, 0.25) is 17.7 Å². The highest BCUT2D eigenvalue weighted by atomic mass is 32.2. The topological polar surface area (TPSA) is 188 Å². The van der Waals surface area contributed by atoms with Crippen LogP contribution in [0.4, 0.5) is 4.79 Å². The Morgan fingerprint density at radius 3 is 2.09 bits per heavy atom.